The minimum atomic E-state index is -1.06. The van der Waals surface area contributed by atoms with Crippen LogP contribution >= 0.6 is 0 Å². The monoisotopic (exact) mass is 227 g/mol. The van der Waals surface area contributed by atoms with Crippen molar-refractivity contribution in [3.63, 3.8) is 0 Å². The molecule has 2 N–H and O–H groups in total. The summed E-state index contributed by atoms with van der Waals surface area (Å²) in [6.45, 7) is 3.34. The summed E-state index contributed by atoms with van der Waals surface area (Å²) in [4.78, 5) is 22.3. The third-order valence-electron chi connectivity index (χ3n) is 1.95. The van der Waals surface area contributed by atoms with Crippen LogP contribution in [0.5, 0.6) is 0 Å². The third kappa shape index (κ3) is 3.30. The molecule has 16 heavy (non-hydrogen) atoms. The molecule has 1 heterocycles. The number of nitrogens with one attached hydrogen (secondary N) is 1. The van der Waals surface area contributed by atoms with Crippen LogP contribution in [0.2, 0.25) is 0 Å². The highest BCUT2D eigenvalue weighted by Gasteiger charge is 2.23. The lowest BCUT2D eigenvalue weighted by atomic mass is 10.1. The van der Waals surface area contributed by atoms with E-state index in [1.54, 1.807) is 13.8 Å². The minimum Gasteiger partial charge on any atom is -0.480 e. The topological polar surface area (TPSA) is 110 Å². The van der Waals surface area contributed by atoms with Gasteiger partial charge in [0.15, 0.2) is 0 Å². The quantitative estimate of drug-likeness (QED) is 0.660. The van der Waals surface area contributed by atoms with Crippen molar-refractivity contribution >= 4 is 11.9 Å². The van der Waals surface area contributed by atoms with E-state index in [2.05, 4.69) is 20.8 Å². The van der Waals surface area contributed by atoms with E-state index >= 15 is 0 Å². The first-order chi connectivity index (χ1) is 7.50. The van der Waals surface area contributed by atoms with Gasteiger partial charge in [0.25, 0.3) is 0 Å². The molecule has 0 bridgehead atoms. The minimum absolute atomic E-state index is 0.0938. The van der Waals surface area contributed by atoms with Crippen LogP contribution in [-0.4, -0.2) is 43.2 Å². The zero-order valence-electron chi connectivity index (χ0n) is 8.99. The SMILES string of the molecule is CC(C)C(NC(=O)Cn1cnnn1)C(=O)O. The van der Waals surface area contributed by atoms with Gasteiger partial charge in [-0.15, -0.1) is 5.10 Å². The van der Waals surface area contributed by atoms with E-state index < -0.39 is 17.9 Å². The second-order valence-corrected chi connectivity index (χ2v) is 3.63. The van der Waals surface area contributed by atoms with Gasteiger partial charge in [0.05, 0.1) is 0 Å². The molecule has 88 valence electrons. The van der Waals surface area contributed by atoms with E-state index in [1.165, 1.54) is 11.0 Å². The van der Waals surface area contributed by atoms with Crippen molar-refractivity contribution in [2.45, 2.75) is 26.4 Å². The Bertz CT molecular complexity index is 362. The lowest BCUT2D eigenvalue weighted by molar-refractivity contribution is -0.143. The molecule has 0 spiro atoms. The van der Waals surface area contributed by atoms with Crippen molar-refractivity contribution in [2.75, 3.05) is 0 Å². The molecule has 1 unspecified atom stereocenters. The number of carbonyl (C=O) groups excluding carboxylic acids is 1. The van der Waals surface area contributed by atoms with Gasteiger partial charge in [-0.3, -0.25) is 4.79 Å². The van der Waals surface area contributed by atoms with Crippen LogP contribution in [0, 0.1) is 5.92 Å². The number of carbonyl (C=O) groups is 2. The molecule has 1 rings (SSSR count). The molecular formula is C8H13N5O3. The van der Waals surface area contributed by atoms with Crippen LogP contribution in [0.4, 0.5) is 0 Å². The predicted molar refractivity (Wildman–Crippen MR) is 52.2 cm³/mol. The van der Waals surface area contributed by atoms with Crippen LogP contribution in [0.3, 0.4) is 0 Å². The maximum Gasteiger partial charge on any atom is 0.326 e. The predicted octanol–water partition coefficient (Wildman–Crippen LogP) is -1.10. The van der Waals surface area contributed by atoms with Crippen LogP contribution in [0.15, 0.2) is 6.33 Å². The summed E-state index contributed by atoms with van der Waals surface area (Å²) < 4.78 is 1.22. The summed E-state index contributed by atoms with van der Waals surface area (Å²) in [6, 6.07) is -0.899. The number of carboxylic acid groups (broad SMARTS) is 1. The Morgan fingerprint density at radius 3 is 2.62 bits per heavy atom. The van der Waals surface area contributed by atoms with E-state index in [9.17, 15) is 9.59 Å². The molecule has 1 aromatic rings. The molecule has 0 aromatic carbocycles. The average molecular weight is 227 g/mol. The van der Waals surface area contributed by atoms with Crippen molar-refractivity contribution in [1.82, 2.24) is 25.5 Å². The largest absolute Gasteiger partial charge is 0.480 e. The number of hydrogen-bond acceptors (Lipinski definition) is 5. The number of aromatic nitrogens is 4. The Morgan fingerprint density at radius 1 is 1.50 bits per heavy atom. The zero-order chi connectivity index (χ0) is 12.1. The fourth-order valence-corrected chi connectivity index (χ4v) is 1.13. The number of nitrogens with zero attached hydrogens (tertiary/aromatic N) is 4. The zero-order valence-corrected chi connectivity index (χ0v) is 8.99. The number of amides is 1. The van der Waals surface area contributed by atoms with Crippen LogP contribution in [-0.2, 0) is 16.1 Å². The first kappa shape index (κ1) is 12.1. The molecule has 0 aliphatic rings. The summed E-state index contributed by atoms with van der Waals surface area (Å²) in [6.07, 6.45) is 1.28. The highest BCUT2D eigenvalue weighted by molar-refractivity contribution is 5.83. The maximum atomic E-state index is 11.4. The van der Waals surface area contributed by atoms with E-state index in [0.717, 1.165) is 0 Å². The van der Waals surface area contributed by atoms with Crippen molar-refractivity contribution in [2.24, 2.45) is 5.92 Å². The average Bonchev–Trinajstić information content (AvgIpc) is 2.65. The normalized spacial score (nSPS) is 12.4. The molecule has 0 saturated heterocycles. The fraction of sp³-hybridized carbons (Fsp3) is 0.625. The highest BCUT2D eigenvalue weighted by Crippen LogP contribution is 2.01. The van der Waals surface area contributed by atoms with Gasteiger partial charge in [0.1, 0.15) is 18.9 Å². The molecule has 0 aliphatic carbocycles. The number of tetrazole rings is 1. The number of hydrogen-bond donors (Lipinski definition) is 2. The first-order valence-electron chi connectivity index (χ1n) is 4.73. The fourth-order valence-electron chi connectivity index (χ4n) is 1.13. The van der Waals surface area contributed by atoms with E-state index in [4.69, 9.17) is 5.11 Å². The molecule has 8 heteroatoms. The van der Waals surface area contributed by atoms with Crippen molar-refractivity contribution in [3.05, 3.63) is 6.33 Å². The van der Waals surface area contributed by atoms with Gasteiger partial charge < -0.3 is 10.4 Å². The third-order valence-corrected chi connectivity index (χ3v) is 1.95. The first-order valence-corrected chi connectivity index (χ1v) is 4.73. The lowest BCUT2D eigenvalue weighted by Gasteiger charge is -2.17. The maximum absolute atomic E-state index is 11.4. The highest BCUT2D eigenvalue weighted by atomic mass is 16.4. The van der Waals surface area contributed by atoms with E-state index in [1.807, 2.05) is 0 Å². The Morgan fingerprint density at radius 2 is 2.19 bits per heavy atom. The molecule has 8 nitrogen and oxygen atoms in total. The summed E-state index contributed by atoms with van der Waals surface area (Å²) in [5.41, 5.74) is 0. The summed E-state index contributed by atoms with van der Waals surface area (Å²) in [5, 5.41) is 21.5. The molecule has 1 aromatic heterocycles. The van der Waals surface area contributed by atoms with Gasteiger partial charge in [0, 0.05) is 0 Å². The van der Waals surface area contributed by atoms with E-state index in [-0.39, 0.29) is 12.5 Å². The second kappa shape index (κ2) is 5.19. The van der Waals surface area contributed by atoms with Crippen molar-refractivity contribution in [3.8, 4) is 0 Å². The second-order valence-electron chi connectivity index (χ2n) is 3.63. The molecule has 0 aliphatic heterocycles. The molecule has 1 amide bonds. The standard InChI is InChI=1S/C8H13N5O3/c1-5(2)7(8(15)16)10-6(14)3-13-4-9-11-12-13/h4-5,7H,3H2,1-2H3,(H,10,14)(H,15,16). The van der Waals surface area contributed by atoms with Gasteiger partial charge >= 0.3 is 5.97 Å². The van der Waals surface area contributed by atoms with Crippen LogP contribution in [0.25, 0.3) is 0 Å². The Hall–Kier alpha value is -1.99. The Labute approximate surface area is 91.6 Å². The molecule has 1 atom stereocenters. The van der Waals surface area contributed by atoms with Gasteiger partial charge in [-0.2, -0.15) is 0 Å². The number of rotatable bonds is 5. The van der Waals surface area contributed by atoms with Crippen LogP contribution < -0.4 is 5.32 Å². The lowest BCUT2D eigenvalue weighted by Crippen LogP contribution is -2.45. The van der Waals surface area contributed by atoms with Gasteiger partial charge in [-0.25, -0.2) is 9.48 Å². The summed E-state index contributed by atoms with van der Waals surface area (Å²) in [5.74, 6) is -1.68. The Kier molecular flexibility index (Phi) is 3.92. The summed E-state index contributed by atoms with van der Waals surface area (Å²) in [7, 11) is 0. The summed E-state index contributed by atoms with van der Waals surface area (Å²) >= 11 is 0. The van der Waals surface area contributed by atoms with Crippen molar-refractivity contribution in [1.29, 1.82) is 0 Å². The van der Waals surface area contributed by atoms with Crippen molar-refractivity contribution < 1.29 is 14.7 Å². The smallest absolute Gasteiger partial charge is 0.326 e. The van der Waals surface area contributed by atoms with E-state index in [0.29, 0.717) is 0 Å². The van der Waals surface area contributed by atoms with Crippen LogP contribution in [0.1, 0.15) is 13.8 Å². The van der Waals surface area contributed by atoms with Gasteiger partial charge in [-0.05, 0) is 16.3 Å². The molecular weight excluding hydrogens is 214 g/mol. The Balaban J connectivity index is 2.52. The molecule has 0 fully saturated rings. The van der Waals surface area contributed by atoms with Gasteiger partial charge in [0.2, 0.25) is 5.91 Å². The number of aliphatic carboxylic acids is 1. The number of carboxylic acids is 1. The molecule has 0 radical (unpaired) electrons. The van der Waals surface area contributed by atoms with Gasteiger partial charge in [-0.1, -0.05) is 13.8 Å². The molecule has 0 saturated carbocycles.